The van der Waals surface area contributed by atoms with Crippen LogP contribution in [0.2, 0.25) is 0 Å². The van der Waals surface area contributed by atoms with Crippen molar-refractivity contribution < 1.29 is 0 Å². The third-order valence-electron chi connectivity index (χ3n) is 1.68. The Morgan fingerprint density at radius 3 is 2.45 bits per heavy atom. The minimum absolute atomic E-state index is 0.0543. The van der Waals surface area contributed by atoms with Crippen LogP contribution >= 0.6 is 0 Å². The molecule has 0 nitrogen and oxygen atoms in total. The normalized spacial score (nSPS) is 18.7. The summed E-state index contributed by atoms with van der Waals surface area (Å²) in [6, 6.07) is 10.6. The van der Waals surface area contributed by atoms with E-state index in [1.165, 1.54) is 5.56 Å². The van der Waals surface area contributed by atoms with Gasteiger partial charge >= 0.3 is 72.5 Å². The molecule has 0 atom stereocenters. The van der Waals surface area contributed by atoms with Crippen molar-refractivity contribution in [3.05, 3.63) is 53.0 Å². The van der Waals surface area contributed by atoms with Crippen LogP contribution in [0.25, 0.3) is 4.47 Å². The number of hydrogen-bond acceptors (Lipinski definition) is 0. The summed E-state index contributed by atoms with van der Waals surface area (Å²) in [6.07, 6.45) is 4.40. The molecule has 0 spiro atoms. The molecule has 0 amide bonds. The van der Waals surface area contributed by atoms with E-state index in [1.807, 2.05) is 0 Å². The van der Waals surface area contributed by atoms with E-state index < -0.39 is 0 Å². The summed E-state index contributed by atoms with van der Waals surface area (Å²) >= 11 is 0.0543. The van der Waals surface area contributed by atoms with Crippen LogP contribution in [0.1, 0.15) is 5.56 Å². The van der Waals surface area contributed by atoms with Crippen LogP contribution in [0.15, 0.2) is 47.5 Å². The number of allylic oxidation sites excluding steroid dienone is 2. The van der Waals surface area contributed by atoms with Crippen molar-refractivity contribution in [2.45, 2.75) is 0 Å². The van der Waals surface area contributed by atoms with Crippen LogP contribution in [-0.2, 0) is 0 Å². The molecule has 1 aliphatic heterocycles. The molecule has 0 saturated carbocycles. The van der Waals surface area contributed by atoms with Crippen LogP contribution in [0, 0.1) is 0 Å². The minimum atomic E-state index is 0.0543. The maximum atomic E-state index is 2.31. The molecule has 0 unspecified atom stereocenters. The van der Waals surface area contributed by atoms with Crippen molar-refractivity contribution in [1.29, 1.82) is 0 Å². The monoisotopic (exact) mass is 210 g/mol. The molecule has 0 radical (unpaired) electrons. The maximum absolute atomic E-state index is 2.31. The molecule has 0 N–H and O–H groups in total. The molecule has 1 heteroatoms. The summed E-state index contributed by atoms with van der Waals surface area (Å²) in [7, 11) is 0. The predicted octanol–water partition coefficient (Wildman–Crippen LogP) is 1.72. The van der Waals surface area contributed by atoms with E-state index in [-0.39, 0.29) is 15.0 Å². The molecule has 0 aromatic heterocycles. The van der Waals surface area contributed by atoms with Crippen molar-refractivity contribution in [3.63, 3.8) is 0 Å². The molecule has 1 aromatic carbocycles. The van der Waals surface area contributed by atoms with Gasteiger partial charge in [-0.05, 0) is 0 Å². The molecule has 1 aliphatic rings. The van der Waals surface area contributed by atoms with Crippen LogP contribution in [-0.4, -0.2) is 15.0 Å². The van der Waals surface area contributed by atoms with Crippen molar-refractivity contribution in [2.75, 3.05) is 0 Å². The van der Waals surface area contributed by atoms with E-state index in [0.717, 1.165) is 0 Å². The number of hydrogen-bond donors (Lipinski definition) is 0. The first-order chi connectivity index (χ1) is 5.47. The SMILES string of the molecule is C1=C[SeH2]C(c2ccccc2)=C1. The van der Waals surface area contributed by atoms with E-state index in [4.69, 9.17) is 0 Å². The van der Waals surface area contributed by atoms with Gasteiger partial charge in [-0.2, -0.15) is 0 Å². The third-order valence-corrected chi connectivity index (χ3v) is 4.04. The molecule has 11 heavy (non-hydrogen) atoms. The van der Waals surface area contributed by atoms with E-state index in [2.05, 4.69) is 47.5 Å². The Morgan fingerprint density at radius 1 is 1.00 bits per heavy atom. The van der Waals surface area contributed by atoms with Gasteiger partial charge in [0.1, 0.15) is 0 Å². The Labute approximate surface area is 72.8 Å². The van der Waals surface area contributed by atoms with Crippen LogP contribution in [0.4, 0.5) is 0 Å². The van der Waals surface area contributed by atoms with Crippen LogP contribution < -0.4 is 0 Å². The zero-order valence-corrected chi connectivity index (χ0v) is 8.22. The standard InChI is InChI=1S/C10H10Se/c1-2-5-9(6-3-1)10-7-4-8-11-10/h1-8H,11H2. The summed E-state index contributed by atoms with van der Waals surface area (Å²) < 4.78 is 1.55. The van der Waals surface area contributed by atoms with Gasteiger partial charge in [0.05, 0.1) is 0 Å². The van der Waals surface area contributed by atoms with Gasteiger partial charge < -0.3 is 0 Å². The Bertz CT molecular complexity index is 296. The first-order valence-electron chi connectivity index (χ1n) is 3.65. The summed E-state index contributed by atoms with van der Waals surface area (Å²) in [5.41, 5.74) is 1.40. The molecular formula is C10H10Se. The second kappa shape index (κ2) is 3.08. The second-order valence-corrected chi connectivity index (χ2v) is 4.89. The fourth-order valence-corrected chi connectivity index (χ4v) is 3.01. The fraction of sp³-hybridized carbons (Fsp3) is 0. The van der Waals surface area contributed by atoms with E-state index in [0.29, 0.717) is 0 Å². The molecule has 0 fully saturated rings. The predicted molar refractivity (Wildman–Crippen MR) is 52.1 cm³/mol. The average molecular weight is 209 g/mol. The average Bonchev–Trinajstić information content (AvgIpc) is 2.58. The quantitative estimate of drug-likeness (QED) is 0.618. The molecule has 56 valence electrons. The molecule has 0 bridgehead atoms. The van der Waals surface area contributed by atoms with Crippen LogP contribution in [0.3, 0.4) is 0 Å². The summed E-state index contributed by atoms with van der Waals surface area (Å²) in [5, 5.41) is 0. The van der Waals surface area contributed by atoms with Gasteiger partial charge in [-0.3, -0.25) is 0 Å². The number of benzene rings is 1. The zero-order chi connectivity index (χ0) is 7.52. The molecule has 0 saturated heterocycles. The Kier molecular flexibility index (Phi) is 1.93. The van der Waals surface area contributed by atoms with Gasteiger partial charge in [-0.15, -0.1) is 0 Å². The van der Waals surface area contributed by atoms with Gasteiger partial charge in [0, 0.05) is 0 Å². The summed E-state index contributed by atoms with van der Waals surface area (Å²) in [5.74, 6) is 0. The summed E-state index contributed by atoms with van der Waals surface area (Å²) in [6.45, 7) is 0. The van der Waals surface area contributed by atoms with Gasteiger partial charge in [0.2, 0.25) is 0 Å². The van der Waals surface area contributed by atoms with Crippen molar-refractivity contribution in [2.24, 2.45) is 0 Å². The molecular weight excluding hydrogens is 199 g/mol. The van der Waals surface area contributed by atoms with Gasteiger partial charge in [0.25, 0.3) is 0 Å². The van der Waals surface area contributed by atoms with Crippen molar-refractivity contribution >= 4 is 19.4 Å². The first kappa shape index (κ1) is 6.90. The third kappa shape index (κ3) is 1.45. The Balaban J connectivity index is 2.31. The van der Waals surface area contributed by atoms with E-state index in [1.54, 1.807) is 4.47 Å². The summed E-state index contributed by atoms with van der Waals surface area (Å²) in [4.78, 5) is 2.31. The topological polar surface area (TPSA) is 0 Å². The van der Waals surface area contributed by atoms with Gasteiger partial charge in [0.15, 0.2) is 0 Å². The van der Waals surface area contributed by atoms with Gasteiger partial charge in [-0.25, -0.2) is 0 Å². The number of rotatable bonds is 1. The fourth-order valence-electron chi connectivity index (χ4n) is 1.13. The van der Waals surface area contributed by atoms with E-state index >= 15 is 0 Å². The molecule has 1 aromatic rings. The Hall–Kier alpha value is -0.781. The van der Waals surface area contributed by atoms with Crippen molar-refractivity contribution in [3.8, 4) is 0 Å². The molecule has 1 heterocycles. The van der Waals surface area contributed by atoms with Gasteiger partial charge in [-0.1, -0.05) is 0 Å². The molecule has 0 aliphatic carbocycles. The van der Waals surface area contributed by atoms with Crippen molar-refractivity contribution in [1.82, 2.24) is 0 Å². The van der Waals surface area contributed by atoms with E-state index in [9.17, 15) is 0 Å². The first-order valence-corrected chi connectivity index (χ1v) is 5.92. The second-order valence-electron chi connectivity index (χ2n) is 2.45. The Morgan fingerprint density at radius 2 is 1.82 bits per heavy atom. The zero-order valence-electron chi connectivity index (χ0n) is 6.12. The van der Waals surface area contributed by atoms with Crippen LogP contribution in [0.5, 0.6) is 0 Å². The molecule has 2 rings (SSSR count).